The molecule has 1 aromatic carbocycles. The smallest absolute Gasteiger partial charge is 0.257 e. The molecule has 0 unspecified atom stereocenters. The van der Waals surface area contributed by atoms with E-state index < -0.39 is 23.8 Å². The molecular formula is C15H15F2N3O2. The summed E-state index contributed by atoms with van der Waals surface area (Å²) in [6.07, 6.45) is 0.786. The molecule has 2 atom stereocenters. The van der Waals surface area contributed by atoms with Gasteiger partial charge in [0.1, 0.15) is 11.6 Å². The van der Waals surface area contributed by atoms with E-state index in [1.54, 1.807) is 6.92 Å². The van der Waals surface area contributed by atoms with Crippen molar-refractivity contribution in [3.8, 4) is 0 Å². The third-order valence-corrected chi connectivity index (χ3v) is 3.92. The largest absolute Gasteiger partial charge is 0.391 e. The van der Waals surface area contributed by atoms with Crippen molar-refractivity contribution >= 4 is 5.91 Å². The lowest BCUT2D eigenvalue weighted by atomic mass is 10.0. The molecule has 0 bridgehead atoms. The number of carbonyl (C=O) groups is 1. The number of amides is 1. The number of halogens is 2. The van der Waals surface area contributed by atoms with Gasteiger partial charge in [0.15, 0.2) is 0 Å². The molecule has 0 spiro atoms. The number of rotatable bonds is 2. The zero-order valence-corrected chi connectivity index (χ0v) is 11.9. The lowest BCUT2D eigenvalue weighted by Crippen LogP contribution is -2.32. The Morgan fingerprint density at radius 3 is 2.91 bits per heavy atom. The van der Waals surface area contributed by atoms with Gasteiger partial charge in [-0.05, 0) is 31.5 Å². The predicted molar refractivity (Wildman–Crippen MR) is 74.1 cm³/mol. The van der Waals surface area contributed by atoms with E-state index in [4.69, 9.17) is 0 Å². The van der Waals surface area contributed by atoms with Crippen LogP contribution in [-0.2, 0) is 0 Å². The standard InChI is InChI=1S/C15H15F2N3O2/c1-8-12(6-18-19-8)15(22)20-7-10(21)5-14(20)11-4-9(16)2-3-13(11)17/h2-4,6,10,14,21H,5,7H2,1H3,(H,18,19)/t10-,14-/m0/s1. The first-order valence-corrected chi connectivity index (χ1v) is 6.91. The van der Waals surface area contributed by atoms with Crippen LogP contribution in [0.1, 0.15) is 34.1 Å². The van der Waals surface area contributed by atoms with Gasteiger partial charge in [-0.1, -0.05) is 0 Å². The lowest BCUT2D eigenvalue weighted by molar-refractivity contribution is 0.0713. The van der Waals surface area contributed by atoms with Crippen LogP contribution in [0, 0.1) is 18.6 Å². The lowest BCUT2D eigenvalue weighted by Gasteiger charge is -2.25. The van der Waals surface area contributed by atoms with Crippen LogP contribution < -0.4 is 0 Å². The van der Waals surface area contributed by atoms with E-state index in [0.717, 1.165) is 18.2 Å². The molecule has 0 saturated carbocycles. The zero-order valence-electron chi connectivity index (χ0n) is 11.9. The third-order valence-electron chi connectivity index (χ3n) is 3.92. The van der Waals surface area contributed by atoms with Gasteiger partial charge in [-0.2, -0.15) is 5.10 Å². The molecule has 1 aliphatic rings. The highest BCUT2D eigenvalue weighted by atomic mass is 19.1. The number of aliphatic hydroxyl groups is 1. The minimum atomic E-state index is -0.774. The van der Waals surface area contributed by atoms with Gasteiger partial charge >= 0.3 is 0 Å². The predicted octanol–water partition coefficient (Wildman–Crippen LogP) is 1.94. The Kier molecular flexibility index (Phi) is 3.66. The fourth-order valence-corrected chi connectivity index (χ4v) is 2.82. The molecule has 7 heteroatoms. The SMILES string of the molecule is Cc1[nH]ncc1C(=O)N1C[C@@H](O)C[C@H]1c1cc(F)ccc1F. The van der Waals surface area contributed by atoms with Crippen LogP contribution in [-0.4, -0.2) is 38.8 Å². The highest BCUT2D eigenvalue weighted by molar-refractivity contribution is 5.95. The monoisotopic (exact) mass is 307 g/mol. The fraction of sp³-hybridized carbons (Fsp3) is 0.333. The van der Waals surface area contributed by atoms with E-state index in [1.807, 2.05) is 0 Å². The second-order valence-electron chi connectivity index (χ2n) is 5.44. The molecule has 1 aromatic heterocycles. The van der Waals surface area contributed by atoms with Gasteiger partial charge in [-0.15, -0.1) is 0 Å². The number of aliphatic hydroxyl groups excluding tert-OH is 1. The molecular weight excluding hydrogens is 292 g/mol. The van der Waals surface area contributed by atoms with E-state index >= 15 is 0 Å². The van der Waals surface area contributed by atoms with Crippen LogP contribution in [0.2, 0.25) is 0 Å². The number of β-amino-alcohol motifs (C(OH)–C–C–N with tert-alkyl or cyclic N) is 1. The maximum atomic E-state index is 14.0. The highest BCUT2D eigenvalue weighted by Gasteiger charge is 2.37. The Hall–Kier alpha value is -2.28. The van der Waals surface area contributed by atoms with Crippen LogP contribution >= 0.6 is 0 Å². The molecule has 2 N–H and O–H groups in total. The summed E-state index contributed by atoms with van der Waals surface area (Å²) in [5, 5.41) is 16.3. The van der Waals surface area contributed by atoms with Crippen molar-refractivity contribution < 1.29 is 18.7 Å². The van der Waals surface area contributed by atoms with Crippen LogP contribution in [0.15, 0.2) is 24.4 Å². The Bertz CT molecular complexity index is 717. The van der Waals surface area contributed by atoms with Gasteiger partial charge in [0, 0.05) is 17.8 Å². The molecule has 0 aliphatic carbocycles. The summed E-state index contributed by atoms with van der Waals surface area (Å²) in [6.45, 7) is 1.77. The quantitative estimate of drug-likeness (QED) is 0.891. The molecule has 1 saturated heterocycles. The van der Waals surface area contributed by atoms with E-state index in [0.29, 0.717) is 11.3 Å². The maximum absolute atomic E-state index is 14.0. The number of aryl methyl sites for hydroxylation is 1. The summed E-state index contributed by atoms with van der Waals surface area (Å²) in [5.74, 6) is -1.54. The molecule has 0 radical (unpaired) electrons. The molecule has 3 rings (SSSR count). The maximum Gasteiger partial charge on any atom is 0.257 e. The molecule has 1 fully saturated rings. The number of nitrogens with one attached hydrogen (secondary N) is 1. The topological polar surface area (TPSA) is 69.2 Å². The Balaban J connectivity index is 1.98. The van der Waals surface area contributed by atoms with Gasteiger partial charge in [0.25, 0.3) is 5.91 Å². The first-order valence-electron chi connectivity index (χ1n) is 6.91. The molecule has 1 amide bonds. The van der Waals surface area contributed by atoms with Gasteiger partial charge in [-0.25, -0.2) is 8.78 Å². The van der Waals surface area contributed by atoms with Crippen LogP contribution in [0.3, 0.4) is 0 Å². The van der Waals surface area contributed by atoms with Crippen molar-refractivity contribution in [2.24, 2.45) is 0 Å². The summed E-state index contributed by atoms with van der Waals surface area (Å²) >= 11 is 0. The molecule has 116 valence electrons. The third kappa shape index (κ3) is 2.48. The van der Waals surface area contributed by atoms with Gasteiger partial charge in [0.05, 0.1) is 23.9 Å². The van der Waals surface area contributed by atoms with Crippen molar-refractivity contribution in [3.05, 3.63) is 52.9 Å². The Morgan fingerprint density at radius 1 is 1.45 bits per heavy atom. The van der Waals surface area contributed by atoms with Crippen molar-refractivity contribution in [1.29, 1.82) is 0 Å². The van der Waals surface area contributed by atoms with Crippen molar-refractivity contribution in [3.63, 3.8) is 0 Å². The van der Waals surface area contributed by atoms with E-state index in [9.17, 15) is 18.7 Å². The average Bonchev–Trinajstić information content (AvgIpc) is 3.07. The number of H-pyrrole nitrogens is 1. The van der Waals surface area contributed by atoms with E-state index in [-0.39, 0.29) is 24.4 Å². The van der Waals surface area contributed by atoms with E-state index in [2.05, 4.69) is 10.2 Å². The summed E-state index contributed by atoms with van der Waals surface area (Å²) in [5.41, 5.74) is 1.02. The van der Waals surface area contributed by atoms with Gasteiger partial charge in [0.2, 0.25) is 0 Å². The van der Waals surface area contributed by atoms with Crippen LogP contribution in [0.25, 0.3) is 0 Å². The fourth-order valence-electron chi connectivity index (χ4n) is 2.82. The first kappa shape index (κ1) is 14.6. The summed E-state index contributed by atoms with van der Waals surface area (Å²) in [4.78, 5) is 14.0. The highest BCUT2D eigenvalue weighted by Crippen LogP contribution is 2.35. The van der Waals surface area contributed by atoms with Crippen molar-refractivity contribution in [2.75, 3.05) is 6.54 Å². The Morgan fingerprint density at radius 2 is 2.23 bits per heavy atom. The zero-order chi connectivity index (χ0) is 15.9. The number of likely N-dealkylation sites (tertiary alicyclic amines) is 1. The Labute approximate surface area is 125 Å². The summed E-state index contributed by atoms with van der Waals surface area (Å²) < 4.78 is 27.4. The first-order chi connectivity index (χ1) is 10.5. The second-order valence-corrected chi connectivity index (χ2v) is 5.44. The summed E-state index contributed by atoms with van der Waals surface area (Å²) in [7, 11) is 0. The molecule has 22 heavy (non-hydrogen) atoms. The number of benzene rings is 1. The second kappa shape index (κ2) is 5.49. The van der Waals surface area contributed by atoms with Gasteiger partial charge in [-0.3, -0.25) is 9.89 Å². The molecule has 2 heterocycles. The van der Waals surface area contributed by atoms with Crippen molar-refractivity contribution in [2.45, 2.75) is 25.5 Å². The summed E-state index contributed by atoms with van der Waals surface area (Å²) in [6, 6.07) is 2.42. The normalized spacial score (nSPS) is 21.4. The average molecular weight is 307 g/mol. The number of carbonyl (C=O) groups excluding carboxylic acids is 1. The van der Waals surface area contributed by atoms with E-state index in [1.165, 1.54) is 11.1 Å². The number of aromatic amines is 1. The van der Waals surface area contributed by atoms with Gasteiger partial charge < -0.3 is 10.0 Å². The minimum absolute atomic E-state index is 0.0735. The molecule has 1 aliphatic heterocycles. The number of nitrogens with zero attached hydrogens (tertiary/aromatic N) is 2. The number of aromatic nitrogens is 2. The minimum Gasteiger partial charge on any atom is -0.391 e. The van der Waals surface area contributed by atoms with Crippen LogP contribution in [0.4, 0.5) is 8.78 Å². The number of hydrogen-bond donors (Lipinski definition) is 2. The molecule has 5 nitrogen and oxygen atoms in total. The van der Waals surface area contributed by atoms with Crippen molar-refractivity contribution in [1.82, 2.24) is 15.1 Å². The number of hydrogen-bond acceptors (Lipinski definition) is 3. The van der Waals surface area contributed by atoms with Crippen LogP contribution in [0.5, 0.6) is 0 Å². The molecule has 2 aromatic rings.